The molecule has 0 amide bonds. The summed E-state index contributed by atoms with van der Waals surface area (Å²) >= 11 is 17.7. The van der Waals surface area contributed by atoms with E-state index in [1.807, 2.05) is 6.07 Å². The topological polar surface area (TPSA) is 59.0 Å². The highest BCUT2D eigenvalue weighted by Gasteiger charge is 2.09. The molecule has 6 heteroatoms. The number of nitriles is 1. The van der Waals surface area contributed by atoms with Crippen LogP contribution in [0.3, 0.4) is 0 Å². The van der Waals surface area contributed by atoms with Crippen molar-refractivity contribution >= 4 is 40.5 Å². The molecule has 0 saturated carbocycles. The molecular formula is C13H7Cl3N2O. The highest BCUT2D eigenvalue weighted by molar-refractivity contribution is 6.43. The fourth-order valence-corrected chi connectivity index (χ4v) is 1.99. The molecule has 0 bridgehead atoms. The largest absolute Gasteiger partial charge is 0.456 e. The van der Waals surface area contributed by atoms with Gasteiger partial charge in [0.25, 0.3) is 0 Å². The Morgan fingerprint density at radius 2 is 1.68 bits per heavy atom. The molecule has 96 valence electrons. The van der Waals surface area contributed by atoms with Crippen LogP contribution < -0.4 is 10.5 Å². The lowest BCUT2D eigenvalue weighted by molar-refractivity contribution is 0.483. The maximum atomic E-state index is 8.79. The molecule has 0 atom stereocenters. The normalized spacial score (nSPS) is 10.0. The lowest BCUT2D eigenvalue weighted by atomic mass is 10.2. The van der Waals surface area contributed by atoms with Gasteiger partial charge in [-0.25, -0.2) is 0 Å². The molecule has 19 heavy (non-hydrogen) atoms. The van der Waals surface area contributed by atoms with Crippen molar-refractivity contribution in [1.29, 1.82) is 5.26 Å². The van der Waals surface area contributed by atoms with Gasteiger partial charge in [0.05, 0.1) is 26.3 Å². The molecule has 2 aromatic carbocycles. The Labute approximate surface area is 125 Å². The maximum Gasteiger partial charge on any atom is 0.147 e. The van der Waals surface area contributed by atoms with Crippen molar-refractivity contribution in [3.05, 3.63) is 51.0 Å². The summed E-state index contributed by atoms with van der Waals surface area (Å²) in [5, 5.41) is 9.80. The standard InChI is InChI=1S/C13H7Cl3N2O/c14-9-4-11(16)13(5-10(9)15)19-8-2-1-7(6-17)12(18)3-8/h1-5H,18H2. The van der Waals surface area contributed by atoms with Crippen LogP contribution in [-0.2, 0) is 0 Å². The summed E-state index contributed by atoms with van der Waals surface area (Å²) in [5.74, 6) is 0.817. The number of anilines is 1. The van der Waals surface area contributed by atoms with Crippen LogP contribution in [0.4, 0.5) is 5.69 Å². The molecule has 0 radical (unpaired) electrons. The third kappa shape index (κ3) is 3.05. The Balaban J connectivity index is 2.34. The van der Waals surface area contributed by atoms with Crippen molar-refractivity contribution in [2.24, 2.45) is 0 Å². The predicted octanol–water partition coefficient (Wildman–Crippen LogP) is 4.89. The van der Waals surface area contributed by atoms with Crippen molar-refractivity contribution in [1.82, 2.24) is 0 Å². The monoisotopic (exact) mass is 312 g/mol. The number of nitrogen functional groups attached to an aromatic ring is 1. The van der Waals surface area contributed by atoms with Gasteiger partial charge < -0.3 is 10.5 Å². The van der Waals surface area contributed by atoms with Crippen LogP contribution in [0.5, 0.6) is 11.5 Å². The van der Waals surface area contributed by atoms with Crippen LogP contribution in [0.1, 0.15) is 5.56 Å². The van der Waals surface area contributed by atoms with Gasteiger partial charge in [0.1, 0.15) is 17.6 Å². The summed E-state index contributed by atoms with van der Waals surface area (Å²) in [7, 11) is 0. The van der Waals surface area contributed by atoms with Gasteiger partial charge in [-0.05, 0) is 18.2 Å². The van der Waals surface area contributed by atoms with Crippen LogP contribution in [0.15, 0.2) is 30.3 Å². The molecule has 0 aliphatic carbocycles. The van der Waals surface area contributed by atoms with E-state index in [1.54, 1.807) is 12.1 Å². The number of ether oxygens (including phenoxy) is 1. The lowest BCUT2D eigenvalue weighted by Gasteiger charge is -2.09. The van der Waals surface area contributed by atoms with E-state index in [9.17, 15) is 0 Å². The summed E-state index contributed by atoms with van der Waals surface area (Å²) in [6.45, 7) is 0. The van der Waals surface area contributed by atoms with Crippen molar-refractivity contribution in [3.8, 4) is 17.6 Å². The number of rotatable bonds is 2. The SMILES string of the molecule is N#Cc1ccc(Oc2cc(Cl)c(Cl)cc2Cl)cc1N. The van der Waals surface area contributed by atoms with Gasteiger partial charge in [-0.3, -0.25) is 0 Å². The van der Waals surface area contributed by atoms with E-state index in [2.05, 4.69) is 0 Å². The highest BCUT2D eigenvalue weighted by atomic mass is 35.5. The van der Waals surface area contributed by atoms with Gasteiger partial charge in [0.15, 0.2) is 0 Å². The molecule has 0 spiro atoms. The van der Waals surface area contributed by atoms with Gasteiger partial charge in [-0.15, -0.1) is 0 Å². The smallest absolute Gasteiger partial charge is 0.147 e. The Morgan fingerprint density at radius 3 is 2.32 bits per heavy atom. The van der Waals surface area contributed by atoms with Gasteiger partial charge in [-0.2, -0.15) is 5.26 Å². The molecular weight excluding hydrogens is 307 g/mol. The third-order valence-corrected chi connectivity index (χ3v) is 3.36. The summed E-state index contributed by atoms with van der Waals surface area (Å²) < 4.78 is 5.56. The Kier molecular flexibility index (Phi) is 4.06. The van der Waals surface area contributed by atoms with Crippen molar-refractivity contribution in [2.45, 2.75) is 0 Å². The van der Waals surface area contributed by atoms with Crippen LogP contribution in [0, 0.1) is 11.3 Å². The number of benzene rings is 2. The second-order valence-corrected chi connectivity index (χ2v) is 4.88. The second kappa shape index (κ2) is 5.58. The molecule has 0 aliphatic heterocycles. The van der Waals surface area contributed by atoms with E-state index < -0.39 is 0 Å². The Bertz CT molecular complexity index is 680. The first-order valence-corrected chi connectivity index (χ1v) is 6.26. The Morgan fingerprint density at radius 1 is 1.00 bits per heavy atom. The molecule has 2 rings (SSSR count). The van der Waals surface area contributed by atoms with E-state index in [0.29, 0.717) is 37.8 Å². The van der Waals surface area contributed by atoms with Crippen molar-refractivity contribution in [2.75, 3.05) is 5.73 Å². The highest BCUT2D eigenvalue weighted by Crippen LogP contribution is 2.36. The van der Waals surface area contributed by atoms with Crippen LogP contribution in [0.2, 0.25) is 15.1 Å². The Hall–Kier alpha value is -1.60. The molecule has 0 heterocycles. The molecule has 2 aromatic rings. The molecule has 0 unspecified atom stereocenters. The van der Waals surface area contributed by atoms with Gasteiger partial charge >= 0.3 is 0 Å². The summed E-state index contributed by atoms with van der Waals surface area (Å²) in [5.41, 5.74) is 6.41. The number of hydrogen-bond donors (Lipinski definition) is 1. The average molecular weight is 314 g/mol. The van der Waals surface area contributed by atoms with Crippen molar-refractivity contribution in [3.63, 3.8) is 0 Å². The fourth-order valence-electron chi connectivity index (χ4n) is 1.42. The average Bonchev–Trinajstić information content (AvgIpc) is 2.36. The quantitative estimate of drug-likeness (QED) is 0.634. The minimum Gasteiger partial charge on any atom is -0.456 e. The van der Waals surface area contributed by atoms with Gasteiger partial charge in [-0.1, -0.05) is 34.8 Å². The first kappa shape index (κ1) is 13.8. The summed E-state index contributed by atoms with van der Waals surface area (Å²) in [4.78, 5) is 0. The first-order valence-electron chi connectivity index (χ1n) is 5.13. The van der Waals surface area contributed by atoms with E-state index in [4.69, 9.17) is 50.5 Å². The van der Waals surface area contributed by atoms with E-state index in [1.165, 1.54) is 18.2 Å². The predicted molar refractivity (Wildman–Crippen MR) is 77.1 cm³/mol. The maximum absolute atomic E-state index is 8.79. The molecule has 0 aromatic heterocycles. The molecule has 2 N–H and O–H groups in total. The zero-order chi connectivity index (χ0) is 14.0. The first-order chi connectivity index (χ1) is 9.01. The summed E-state index contributed by atoms with van der Waals surface area (Å²) in [6.07, 6.45) is 0. The molecule has 3 nitrogen and oxygen atoms in total. The molecule has 0 fully saturated rings. The zero-order valence-corrected chi connectivity index (χ0v) is 11.7. The second-order valence-electron chi connectivity index (χ2n) is 3.66. The number of hydrogen-bond acceptors (Lipinski definition) is 3. The third-order valence-electron chi connectivity index (χ3n) is 2.35. The molecule has 0 saturated heterocycles. The number of halogens is 3. The van der Waals surface area contributed by atoms with Crippen LogP contribution >= 0.6 is 34.8 Å². The number of nitrogens with two attached hydrogens (primary N) is 1. The van der Waals surface area contributed by atoms with Crippen LogP contribution in [0.25, 0.3) is 0 Å². The zero-order valence-electron chi connectivity index (χ0n) is 9.45. The van der Waals surface area contributed by atoms with E-state index >= 15 is 0 Å². The number of nitrogens with zero attached hydrogens (tertiary/aromatic N) is 1. The van der Waals surface area contributed by atoms with Crippen LogP contribution in [-0.4, -0.2) is 0 Å². The van der Waals surface area contributed by atoms with Gasteiger partial charge in [0.2, 0.25) is 0 Å². The lowest BCUT2D eigenvalue weighted by Crippen LogP contribution is -1.92. The minimum absolute atomic E-state index is 0.330. The van der Waals surface area contributed by atoms with E-state index in [-0.39, 0.29) is 0 Å². The minimum atomic E-state index is 0.330. The van der Waals surface area contributed by atoms with E-state index in [0.717, 1.165) is 0 Å². The fraction of sp³-hybridized carbons (Fsp3) is 0. The van der Waals surface area contributed by atoms with Gasteiger partial charge in [0, 0.05) is 12.1 Å². The summed E-state index contributed by atoms with van der Waals surface area (Å²) in [6, 6.07) is 9.70. The molecule has 0 aliphatic rings. The van der Waals surface area contributed by atoms with Crippen molar-refractivity contribution < 1.29 is 4.74 Å².